The number of hydrogen-bond acceptors (Lipinski definition) is 3. The van der Waals surface area contributed by atoms with E-state index in [0.29, 0.717) is 22.5 Å². The van der Waals surface area contributed by atoms with Gasteiger partial charge in [-0.1, -0.05) is 66.7 Å². The first-order valence-electron chi connectivity index (χ1n) is 9.71. The van der Waals surface area contributed by atoms with Crippen LogP contribution in [0.15, 0.2) is 85.1 Å². The van der Waals surface area contributed by atoms with E-state index in [9.17, 15) is 10.1 Å². The number of carbonyl (C=O) groups excluding carboxylic acids is 1. The van der Waals surface area contributed by atoms with E-state index in [1.807, 2.05) is 54.6 Å². The summed E-state index contributed by atoms with van der Waals surface area (Å²) in [7, 11) is 0. The number of rotatable bonds is 3. The Hall–Kier alpha value is -4.23. The highest BCUT2D eigenvalue weighted by Gasteiger charge is 2.24. The predicted molar refractivity (Wildman–Crippen MR) is 117 cm³/mol. The van der Waals surface area contributed by atoms with Crippen molar-refractivity contribution in [1.82, 2.24) is 4.98 Å². The van der Waals surface area contributed by atoms with Crippen LogP contribution in [-0.2, 0) is 6.42 Å². The summed E-state index contributed by atoms with van der Waals surface area (Å²) in [6.45, 7) is 0. The fourth-order valence-corrected chi connectivity index (χ4v) is 4.01. The van der Waals surface area contributed by atoms with Gasteiger partial charge in [-0.2, -0.15) is 5.26 Å². The maximum absolute atomic E-state index is 13.3. The Balaban J connectivity index is 1.54. The molecule has 1 N–H and O–H groups in total. The highest BCUT2D eigenvalue weighted by molar-refractivity contribution is 6.08. The molecule has 4 nitrogen and oxygen atoms in total. The number of hydrogen-bond donors (Lipinski definition) is 1. The van der Waals surface area contributed by atoms with Crippen LogP contribution in [0.3, 0.4) is 0 Å². The fourth-order valence-electron chi connectivity index (χ4n) is 4.01. The number of carbonyl (C=O) groups is 1. The van der Waals surface area contributed by atoms with E-state index in [2.05, 4.69) is 34.6 Å². The van der Waals surface area contributed by atoms with Crippen LogP contribution in [0.2, 0.25) is 0 Å². The summed E-state index contributed by atoms with van der Waals surface area (Å²) in [6, 6.07) is 27.5. The molecule has 4 aromatic rings. The highest BCUT2D eigenvalue weighted by atomic mass is 16.1. The van der Waals surface area contributed by atoms with Gasteiger partial charge in [-0.3, -0.25) is 9.78 Å². The van der Waals surface area contributed by atoms with Crippen molar-refractivity contribution in [2.24, 2.45) is 0 Å². The Kier molecular flexibility index (Phi) is 4.34. The molecular weight excluding hydrogens is 370 g/mol. The second-order valence-corrected chi connectivity index (χ2v) is 7.22. The molecule has 1 aliphatic carbocycles. The SMILES string of the molecule is N#Cc1cnc(-c2ccccc2)c(NC(=O)c2cccc3c2Cc2ccccc2-3)c1. The number of nitrogens with one attached hydrogen (secondary N) is 1. The van der Waals surface area contributed by atoms with Crippen molar-refractivity contribution in [3.63, 3.8) is 0 Å². The van der Waals surface area contributed by atoms with Crippen LogP contribution in [-0.4, -0.2) is 10.9 Å². The van der Waals surface area contributed by atoms with E-state index in [-0.39, 0.29) is 5.91 Å². The zero-order valence-corrected chi connectivity index (χ0v) is 16.1. The lowest BCUT2D eigenvalue weighted by Gasteiger charge is -2.13. The van der Waals surface area contributed by atoms with Gasteiger partial charge in [-0.25, -0.2) is 0 Å². The molecule has 0 fully saturated rings. The zero-order valence-electron chi connectivity index (χ0n) is 16.1. The summed E-state index contributed by atoms with van der Waals surface area (Å²) in [6.07, 6.45) is 2.26. The van der Waals surface area contributed by atoms with Crippen LogP contribution >= 0.6 is 0 Å². The Bertz CT molecular complexity index is 1320. The average molecular weight is 387 g/mol. The summed E-state index contributed by atoms with van der Waals surface area (Å²) >= 11 is 0. The molecule has 0 radical (unpaired) electrons. The topological polar surface area (TPSA) is 65.8 Å². The molecule has 142 valence electrons. The molecule has 0 bridgehead atoms. The quantitative estimate of drug-likeness (QED) is 0.448. The highest BCUT2D eigenvalue weighted by Crippen LogP contribution is 2.38. The van der Waals surface area contributed by atoms with Gasteiger partial charge in [0.25, 0.3) is 5.91 Å². The number of aromatic nitrogens is 1. The van der Waals surface area contributed by atoms with E-state index in [1.165, 1.54) is 17.3 Å². The third-order valence-corrected chi connectivity index (χ3v) is 5.41. The van der Waals surface area contributed by atoms with Crippen molar-refractivity contribution in [2.75, 3.05) is 5.32 Å². The molecule has 0 aliphatic heterocycles. The standard InChI is InChI=1S/C26H17N3O/c27-15-17-13-24(25(28-16-17)18-7-2-1-3-8-18)29-26(30)22-12-6-11-21-20-10-5-4-9-19(20)14-23(21)22/h1-13,16H,14H2,(H,29,30). The first-order chi connectivity index (χ1) is 14.7. The number of pyridine rings is 1. The second kappa shape index (κ2) is 7.31. The molecule has 1 heterocycles. The van der Waals surface area contributed by atoms with Crippen molar-refractivity contribution >= 4 is 11.6 Å². The molecule has 0 saturated heterocycles. The summed E-state index contributed by atoms with van der Waals surface area (Å²) in [5.74, 6) is -0.200. The minimum Gasteiger partial charge on any atom is -0.320 e. The third-order valence-electron chi connectivity index (χ3n) is 5.41. The number of amides is 1. The molecule has 0 spiro atoms. The smallest absolute Gasteiger partial charge is 0.256 e. The van der Waals surface area contributed by atoms with E-state index < -0.39 is 0 Å². The molecule has 0 unspecified atom stereocenters. The van der Waals surface area contributed by atoms with E-state index >= 15 is 0 Å². The number of nitrogens with zero attached hydrogens (tertiary/aromatic N) is 2. The normalized spacial score (nSPS) is 11.3. The van der Waals surface area contributed by atoms with E-state index in [0.717, 1.165) is 23.1 Å². The Morgan fingerprint density at radius 2 is 1.70 bits per heavy atom. The molecule has 0 saturated carbocycles. The maximum Gasteiger partial charge on any atom is 0.256 e. The first kappa shape index (κ1) is 17.8. The molecule has 3 aromatic carbocycles. The minimum atomic E-state index is -0.200. The Morgan fingerprint density at radius 3 is 2.53 bits per heavy atom. The maximum atomic E-state index is 13.3. The van der Waals surface area contributed by atoms with Gasteiger partial charge in [0.15, 0.2) is 0 Å². The molecule has 1 amide bonds. The summed E-state index contributed by atoms with van der Waals surface area (Å²) < 4.78 is 0. The van der Waals surface area contributed by atoms with Crippen molar-refractivity contribution in [1.29, 1.82) is 5.26 Å². The van der Waals surface area contributed by atoms with Gasteiger partial charge in [0.1, 0.15) is 6.07 Å². The molecule has 1 aliphatic rings. The summed E-state index contributed by atoms with van der Waals surface area (Å²) in [5.41, 5.74) is 7.62. The van der Waals surface area contributed by atoms with Crippen LogP contribution in [0.5, 0.6) is 0 Å². The van der Waals surface area contributed by atoms with Crippen LogP contribution in [0.25, 0.3) is 22.4 Å². The number of anilines is 1. The lowest BCUT2D eigenvalue weighted by Crippen LogP contribution is -2.15. The molecular formula is C26H17N3O. The van der Waals surface area contributed by atoms with Crippen molar-refractivity contribution in [3.8, 4) is 28.5 Å². The Labute approximate surface area is 174 Å². The van der Waals surface area contributed by atoms with E-state index in [4.69, 9.17) is 0 Å². The lowest BCUT2D eigenvalue weighted by molar-refractivity contribution is 0.102. The molecule has 1 aromatic heterocycles. The van der Waals surface area contributed by atoms with Crippen LogP contribution in [0, 0.1) is 11.3 Å². The van der Waals surface area contributed by atoms with Gasteiger partial charge in [0.2, 0.25) is 0 Å². The lowest BCUT2D eigenvalue weighted by atomic mass is 10.0. The van der Waals surface area contributed by atoms with Crippen molar-refractivity contribution in [3.05, 3.63) is 107 Å². The second-order valence-electron chi connectivity index (χ2n) is 7.22. The zero-order chi connectivity index (χ0) is 20.5. The van der Waals surface area contributed by atoms with Crippen molar-refractivity contribution in [2.45, 2.75) is 6.42 Å². The summed E-state index contributed by atoms with van der Waals surface area (Å²) in [4.78, 5) is 17.7. The van der Waals surface area contributed by atoms with Crippen molar-refractivity contribution < 1.29 is 4.79 Å². The molecule has 4 heteroatoms. The molecule has 30 heavy (non-hydrogen) atoms. The summed E-state index contributed by atoms with van der Waals surface area (Å²) in [5, 5.41) is 12.3. The minimum absolute atomic E-state index is 0.200. The van der Waals surface area contributed by atoms with Gasteiger partial charge < -0.3 is 5.32 Å². The Morgan fingerprint density at radius 1 is 0.933 bits per heavy atom. The van der Waals surface area contributed by atoms with Gasteiger partial charge in [0.05, 0.1) is 16.9 Å². The van der Waals surface area contributed by atoms with Gasteiger partial charge in [-0.05, 0) is 40.8 Å². The fraction of sp³-hybridized carbons (Fsp3) is 0.0385. The van der Waals surface area contributed by atoms with Gasteiger partial charge in [0, 0.05) is 17.3 Å². The first-order valence-corrected chi connectivity index (χ1v) is 9.71. The molecule has 5 rings (SSSR count). The monoisotopic (exact) mass is 387 g/mol. The largest absolute Gasteiger partial charge is 0.320 e. The number of nitriles is 1. The van der Waals surface area contributed by atoms with Crippen LogP contribution in [0.1, 0.15) is 27.0 Å². The number of fused-ring (bicyclic) bond motifs is 3. The predicted octanol–water partition coefficient (Wildman–Crippen LogP) is 5.44. The van der Waals surface area contributed by atoms with Crippen LogP contribution in [0.4, 0.5) is 5.69 Å². The number of benzene rings is 3. The van der Waals surface area contributed by atoms with Gasteiger partial charge >= 0.3 is 0 Å². The van der Waals surface area contributed by atoms with Crippen LogP contribution < -0.4 is 5.32 Å². The third kappa shape index (κ3) is 3.03. The van der Waals surface area contributed by atoms with Gasteiger partial charge in [-0.15, -0.1) is 0 Å². The average Bonchev–Trinajstić information content (AvgIpc) is 3.18. The van der Waals surface area contributed by atoms with E-state index in [1.54, 1.807) is 6.07 Å². The molecule has 0 atom stereocenters.